The SMILES string of the molecule is CCNC(C)(CCN(CC)c1ccccc1C)C(=O)OC. The van der Waals surface area contributed by atoms with Crippen LogP contribution in [-0.4, -0.2) is 38.3 Å². The summed E-state index contributed by atoms with van der Waals surface area (Å²) in [6, 6.07) is 8.34. The topological polar surface area (TPSA) is 41.6 Å². The van der Waals surface area contributed by atoms with E-state index in [-0.39, 0.29) is 5.97 Å². The van der Waals surface area contributed by atoms with E-state index in [9.17, 15) is 4.79 Å². The van der Waals surface area contributed by atoms with Gasteiger partial charge in [-0.2, -0.15) is 0 Å². The summed E-state index contributed by atoms with van der Waals surface area (Å²) in [6.07, 6.45) is 0.704. The van der Waals surface area contributed by atoms with E-state index >= 15 is 0 Å². The van der Waals surface area contributed by atoms with Crippen molar-refractivity contribution in [3.05, 3.63) is 29.8 Å². The number of benzene rings is 1. The maximum Gasteiger partial charge on any atom is 0.325 e. The minimum absolute atomic E-state index is 0.204. The van der Waals surface area contributed by atoms with Gasteiger partial charge in [0, 0.05) is 18.8 Å². The number of hydrogen-bond acceptors (Lipinski definition) is 4. The number of nitrogens with one attached hydrogen (secondary N) is 1. The zero-order valence-corrected chi connectivity index (χ0v) is 13.9. The summed E-state index contributed by atoms with van der Waals surface area (Å²) in [5.41, 5.74) is 1.84. The second kappa shape index (κ2) is 8.03. The van der Waals surface area contributed by atoms with Crippen molar-refractivity contribution < 1.29 is 9.53 Å². The van der Waals surface area contributed by atoms with Crippen LogP contribution in [0.25, 0.3) is 0 Å². The number of carbonyl (C=O) groups excluding carboxylic acids is 1. The second-order valence-electron chi connectivity index (χ2n) is 5.47. The highest BCUT2D eigenvalue weighted by Gasteiger charge is 2.33. The number of aryl methyl sites for hydroxylation is 1. The minimum atomic E-state index is -0.639. The van der Waals surface area contributed by atoms with Gasteiger partial charge in [-0.25, -0.2) is 0 Å². The molecular weight excluding hydrogens is 264 g/mol. The molecule has 0 aliphatic heterocycles. The first-order chi connectivity index (χ1) is 9.98. The molecule has 0 heterocycles. The number of ether oxygens (including phenoxy) is 1. The van der Waals surface area contributed by atoms with E-state index in [1.54, 1.807) is 0 Å². The van der Waals surface area contributed by atoms with Gasteiger partial charge in [0.15, 0.2) is 0 Å². The Kier molecular flexibility index (Phi) is 6.69. The molecular formula is C17H28N2O2. The van der Waals surface area contributed by atoms with Crippen LogP contribution in [0.4, 0.5) is 5.69 Å². The highest BCUT2D eigenvalue weighted by Crippen LogP contribution is 2.21. The molecule has 1 N–H and O–H groups in total. The van der Waals surface area contributed by atoms with Crippen molar-refractivity contribution in [1.29, 1.82) is 0 Å². The van der Waals surface area contributed by atoms with Crippen LogP contribution < -0.4 is 10.2 Å². The Morgan fingerprint density at radius 2 is 2.00 bits per heavy atom. The van der Waals surface area contributed by atoms with Crippen LogP contribution in [0.1, 0.15) is 32.8 Å². The molecule has 0 amide bonds. The van der Waals surface area contributed by atoms with Gasteiger partial charge in [0.05, 0.1) is 7.11 Å². The van der Waals surface area contributed by atoms with Gasteiger partial charge in [-0.3, -0.25) is 4.79 Å². The van der Waals surface area contributed by atoms with Gasteiger partial charge in [0.1, 0.15) is 5.54 Å². The van der Waals surface area contributed by atoms with Gasteiger partial charge in [0.2, 0.25) is 0 Å². The van der Waals surface area contributed by atoms with Gasteiger partial charge in [-0.05, 0) is 45.4 Å². The van der Waals surface area contributed by atoms with Gasteiger partial charge < -0.3 is 15.0 Å². The van der Waals surface area contributed by atoms with E-state index in [0.717, 1.165) is 19.6 Å². The smallest absolute Gasteiger partial charge is 0.325 e. The largest absolute Gasteiger partial charge is 0.468 e. The fourth-order valence-corrected chi connectivity index (χ4v) is 2.60. The number of para-hydroxylation sites is 1. The van der Waals surface area contributed by atoms with Gasteiger partial charge in [-0.1, -0.05) is 25.1 Å². The molecule has 0 aliphatic rings. The summed E-state index contributed by atoms with van der Waals surface area (Å²) < 4.78 is 4.94. The van der Waals surface area contributed by atoms with Gasteiger partial charge >= 0.3 is 5.97 Å². The molecule has 21 heavy (non-hydrogen) atoms. The van der Waals surface area contributed by atoms with Crippen LogP contribution in [0.2, 0.25) is 0 Å². The van der Waals surface area contributed by atoms with E-state index in [4.69, 9.17) is 4.74 Å². The van der Waals surface area contributed by atoms with E-state index in [1.165, 1.54) is 18.4 Å². The highest BCUT2D eigenvalue weighted by molar-refractivity contribution is 5.80. The summed E-state index contributed by atoms with van der Waals surface area (Å²) in [5, 5.41) is 3.25. The molecule has 0 fully saturated rings. The van der Waals surface area contributed by atoms with Crippen molar-refractivity contribution in [2.45, 2.75) is 39.7 Å². The van der Waals surface area contributed by atoms with Crippen molar-refractivity contribution in [2.75, 3.05) is 31.6 Å². The highest BCUT2D eigenvalue weighted by atomic mass is 16.5. The van der Waals surface area contributed by atoms with Crippen LogP contribution in [0.15, 0.2) is 24.3 Å². The average Bonchev–Trinajstić information content (AvgIpc) is 2.49. The molecule has 4 nitrogen and oxygen atoms in total. The number of methoxy groups -OCH3 is 1. The lowest BCUT2D eigenvalue weighted by atomic mass is 9.97. The zero-order valence-electron chi connectivity index (χ0n) is 13.9. The van der Waals surface area contributed by atoms with E-state index < -0.39 is 5.54 Å². The van der Waals surface area contributed by atoms with Crippen LogP contribution in [0, 0.1) is 6.92 Å². The molecule has 1 aromatic rings. The molecule has 0 aliphatic carbocycles. The summed E-state index contributed by atoms with van der Waals surface area (Å²) in [5.74, 6) is -0.204. The maximum atomic E-state index is 12.0. The predicted molar refractivity (Wildman–Crippen MR) is 87.8 cm³/mol. The Bertz CT molecular complexity index is 462. The molecule has 1 aromatic carbocycles. The summed E-state index contributed by atoms with van der Waals surface area (Å²) >= 11 is 0. The number of rotatable bonds is 8. The zero-order chi connectivity index (χ0) is 15.9. The molecule has 0 bridgehead atoms. The lowest BCUT2D eigenvalue weighted by Gasteiger charge is -2.32. The molecule has 118 valence electrons. The third-order valence-electron chi connectivity index (χ3n) is 3.92. The quantitative estimate of drug-likeness (QED) is 0.748. The molecule has 4 heteroatoms. The second-order valence-corrected chi connectivity index (χ2v) is 5.47. The van der Waals surface area contributed by atoms with Crippen LogP contribution in [-0.2, 0) is 9.53 Å². The predicted octanol–water partition coefficient (Wildman–Crippen LogP) is 2.75. The Balaban J connectivity index is 2.82. The Labute approximate surface area is 128 Å². The normalized spacial score (nSPS) is 13.6. The number of likely N-dealkylation sites (N-methyl/N-ethyl adjacent to an activating group) is 1. The monoisotopic (exact) mass is 292 g/mol. The van der Waals surface area contributed by atoms with Gasteiger partial charge in [-0.15, -0.1) is 0 Å². The standard InChI is InChI=1S/C17H28N2O2/c1-6-18-17(4,16(20)21-5)12-13-19(7-2)15-11-9-8-10-14(15)3/h8-11,18H,6-7,12-13H2,1-5H3. The Hall–Kier alpha value is -1.55. The first-order valence-electron chi connectivity index (χ1n) is 7.62. The number of nitrogens with zero attached hydrogens (tertiary/aromatic N) is 1. The molecule has 0 saturated carbocycles. The van der Waals surface area contributed by atoms with Crippen LogP contribution >= 0.6 is 0 Å². The molecule has 1 rings (SSSR count). The van der Waals surface area contributed by atoms with E-state index in [0.29, 0.717) is 6.42 Å². The minimum Gasteiger partial charge on any atom is -0.468 e. The van der Waals surface area contributed by atoms with E-state index in [2.05, 4.69) is 42.3 Å². The lowest BCUT2D eigenvalue weighted by Crippen LogP contribution is -2.52. The van der Waals surface area contributed by atoms with Gasteiger partial charge in [0.25, 0.3) is 0 Å². The molecule has 0 saturated heterocycles. The van der Waals surface area contributed by atoms with Crippen molar-refractivity contribution in [2.24, 2.45) is 0 Å². The number of hydrogen-bond donors (Lipinski definition) is 1. The molecule has 1 atom stereocenters. The summed E-state index contributed by atoms with van der Waals surface area (Å²) in [7, 11) is 1.44. The molecule has 0 aromatic heterocycles. The van der Waals surface area contributed by atoms with Crippen LogP contribution in [0.5, 0.6) is 0 Å². The fraction of sp³-hybridized carbons (Fsp3) is 0.588. The Morgan fingerprint density at radius 3 is 2.52 bits per heavy atom. The van der Waals surface area contributed by atoms with E-state index in [1.807, 2.05) is 19.9 Å². The number of carbonyl (C=O) groups is 1. The number of anilines is 1. The maximum absolute atomic E-state index is 12.0. The van der Waals surface area contributed by atoms with Crippen molar-refractivity contribution in [3.63, 3.8) is 0 Å². The number of esters is 1. The molecule has 1 unspecified atom stereocenters. The summed E-state index contributed by atoms with van der Waals surface area (Å²) in [4.78, 5) is 14.3. The third-order valence-corrected chi connectivity index (χ3v) is 3.92. The van der Waals surface area contributed by atoms with Crippen LogP contribution in [0.3, 0.4) is 0 Å². The first kappa shape index (κ1) is 17.5. The first-order valence-corrected chi connectivity index (χ1v) is 7.62. The third kappa shape index (κ3) is 4.46. The lowest BCUT2D eigenvalue weighted by molar-refractivity contribution is -0.148. The fourth-order valence-electron chi connectivity index (χ4n) is 2.60. The van der Waals surface area contributed by atoms with Crippen molar-refractivity contribution in [1.82, 2.24) is 5.32 Å². The molecule has 0 radical (unpaired) electrons. The summed E-state index contributed by atoms with van der Waals surface area (Å²) in [6.45, 7) is 10.6. The van der Waals surface area contributed by atoms with Crippen molar-refractivity contribution >= 4 is 11.7 Å². The van der Waals surface area contributed by atoms with Crippen molar-refractivity contribution in [3.8, 4) is 0 Å². The molecule has 0 spiro atoms. The Morgan fingerprint density at radius 1 is 1.33 bits per heavy atom. The average molecular weight is 292 g/mol.